The zero-order valence-corrected chi connectivity index (χ0v) is 31.8. The summed E-state index contributed by atoms with van der Waals surface area (Å²) in [5.74, 6) is 0. The maximum atomic E-state index is 9.77. The Morgan fingerprint density at radius 2 is 0.627 bits per heavy atom. The molecule has 0 aliphatic heterocycles. The third-order valence-electron chi connectivity index (χ3n) is 11.2. The number of nitrogens with zero attached hydrogens (tertiary/aromatic N) is 1. The first-order chi connectivity index (χ1) is 32.6. The third kappa shape index (κ3) is 6.21. The molecule has 0 heterocycles. The monoisotopic (exact) mass is 757 g/mol. The quantitative estimate of drug-likeness (QED) is 0.146. The Labute approximate surface area is 356 Å². The van der Waals surface area contributed by atoms with Crippen LogP contribution in [0.3, 0.4) is 0 Å². The Balaban J connectivity index is 1.16. The van der Waals surface area contributed by atoms with Gasteiger partial charge in [-0.15, -0.1) is 0 Å². The van der Waals surface area contributed by atoms with E-state index in [0.717, 1.165) is 65.3 Å². The molecule has 0 saturated carbocycles. The van der Waals surface area contributed by atoms with E-state index in [9.17, 15) is 11.0 Å². The molecule has 0 saturated heterocycles. The van der Waals surface area contributed by atoms with Crippen molar-refractivity contribution in [1.29, 1.82) is 0 Å². The van der Waals surface area contributed by atoms with Crippen molar-refractivity contribution >= 4 is 60.2 Å². The van der Waals surface area contributed by atoms with E-state index in [4.69, 9.17) is 0 Å². The molecule has 0 unspecified atom stereocenters. The SMILES string of the molecule is [2H]c1c([2H])c(N(c2ccc(-c3ccccc3-c3ccccc3)cc2)c2c([2H])c([2H])c(-c3cc4ccccc4c4ccccc34)c([2H])c2[2H])c([2H])c([2H])c1-c1cc2ccccc2c2ccccc12. The molecular weight excluding hydrogens is 711 g/mol. The van der Waals surface area contributed by atoms with Crippen molar-refractivity contribution in [2.24, 2.45) is 0 Å². The van der Waals surface area contributed by atoms with Crippen LogP contribution in [0.1, 0.15) is 11.0 Å². The van der Waals surface area contributed by atoms with E-state index >= 15 is 0 Å². The van der Waals surface area contributed by atoms with Gasteiger partial charge < -0.3 is 4.90 Å². The number of hydrogen-bond acceptors (Lipinski definition) is 1. The highest BCUT2D eigenvalue weighted by Gasteiger charge is 2.17. The summed E-state index contributed by atoms with van der Waals surface area (Å²) in [6.07, 6.45) is 0. The molecule has 1 nitrogen and oxygen atoms in total. The maximum Gasteiger partial charge on any atom is 0.0645 e. The van der Waals surface area contributed by atoms with Crippen molar-refractivity contribution in [2.45, 2.75) is 0 Å². The first kappa shape index (κ1) is 27.0. The highest BCUT2D eigenvalue weighted by molar-refractivity contribution is 6.15. The largest absolute Gasteiger partial charge is 0.311 e. The summed E-state index contributed by atoms with van der Waals surface area (Å²) in [6.45, 7) is 0. The van der Waals surface area contributed by atoms with Gasteiger partial charge in [-0.05, 0) is 136 Å². The predicted octanol–water partition coefficient (Wildman–Crippen LogP) is 16.4. The minimum Gasteiger partial charge on any atom is -0.311 e. The van der Waals surface area contributed by atoms with Crippen LogP contribution in [0, 0.1) is 0 Å². The lowest BCUT2D eigenvalue weighted by Crippen LogP contribution is -2.09. The molecule has 0 bridgehead atoms. The molecule has 0 spiro atoms. The van der Waals surface area contributed by atoms with Crippen molar-refractivity contribution in [1.82, 2.24) is 0 Å². The van der Waals surface area contributed by atoms with Gasteiger partial charge in [0, 0.05) is 17.1 Å². The van der Waals surface area contributed by atoms with Gasteiger partial charge in [-0.1, -0.05) is 188 Å². The molecule has 0 amide bonds. The van der Waals surface area contributed by atoms with E-state index in [0.29, 0.717) is 16.8 Å². The van der Waals surface area contributed by atoms with Crippen molar-refractivity contribution in [3.05, 3.63) is 236 Å². The van der Waals surface area contributed by atoms with E-state index in [1.54, 1.807) is 12.1 Å². The lowest BCUT2D eigenvalue weighted by Gasteiger charge is -2.26. The van der Waals surface area contributed by atoms with Crippen molar-refractivity contribution in [2.75, 3.05) is 4.90 Å². The van der Waals surface area contributed by atoms with E-state index in [-0.39, 0.29) is 46.7 Å². The zero-order chi connectivity index (χ0) is 46.1. The number of anilines is 3. The normalized spacial score (nSPS) is 13.3. The first-order valence-electron chi connectivity index (χ1n) is 23.7. The summed E-state index contributed by atoms with van der Waals surface area (Å²) in [4.78, 5) is 1.37. The molecule has 11 rings (SSSR count). The lowest BCUT2D eigenvalue weighted by molar-refractivity contribution is 1.28. The van der Waals surface area contributed by atoms with Gasteiger partial charge in [0.1, 0.15) is 0 Å². The Bertz CT molecular complexity index is 3550. The number of rotatable bonds is 7. The van der Waals surface area contributed by atoms with E-state index < -0.39 is 24.2 Å². The molecule has 276 valence electrons. The Morgan fingerprint density at radius 1 is 0.254 bits per heavy atom. The summed E-state index contributed by atoms with van der Waals surface area (Å²) in [7, 11) is 0. The summed E-state index contributed by atoms with van der Waals surface area (Å²) in [5, 5.41) is 7.14. The van der Waals surface area contributed by atoms with Crippen molar-refractivity contribution in [3.8, 4) is 44.5 Å². The van der Waals surface area contributed by atoms with E-state index in [2.05, 4.69) is 18.2 Å². The summed E-state index contributed by atoms with van der Waals surface area (Å²) in [6, 6.07) is 57.7. The topological polar surface area (TPSA) is 3.24 Å². The molecule has 1 heteroatoms. The second-order valence-corrected chi connectivity index (χ2v) is 14.6. The molecule has 0 radical (unpaired) electrons. The molecule has 11 aromatic carbocycles. The van der Waals surface area contributed by atoms with E-state index in [1.165, 1.54) is 4.90 Å². The van der Waals surface area contributed by atoms with Gasteiger partial charge >= 0.3 is 0 Å². The van der Waals surface area contributed by atoms with Crippen LogP contribution in [0.4, 0.5) is 17.1 Å². The van der Waals surface area contributed by atoms with Crippen molar-refractivity contribution < 1.29 is 11.0 Å². The van der Waals surface area contributed by atoms with Gasteiger partial charge in [-0.2, -0.15) is 0 Å². The predicted molar refractivity (Wildman–Crippen MR) is 253 cm³/mol. The molecule has 0 atom stereocenters. The van der Waals surface area contributed by atoms with Crippen LogP contribution < -0.4 is 4.90 Å². The van der Waals surface area contributed by atoms with Gasteiger partial charge in [0.05, 0.1) is 11.0 Å². The summed E-state index contributed by atoms with van der Waals surface area (Å²) >= 11 is 0. The van der Waals surface area contributed by atoms with Crippen LogP contribution in [-0.2, 0) is 0 Å². The van der Waals surface area contributed by atoms with Crippen LogP contribution in [0.5, 0.6) is 0 Å². The number of benzene rings is 11. The molecule has 0 aliphatic rings. The minimum atomic E-state index is -0.395. The van der Waals surface area contributed by atoms with Gasteiger partial charge in [-0.25, -0.2) is 0 Å². The smallest absolute Gasteiger partial charge is 0.0645 e. The van der Waals surface area contributed by atoms with Gasteiger partial charge in [0.15, 0.2) is 0 Å². The molecule has 0 aliphatic carbocycles. The Morgan fingerprint density at radius 3 is 1.10 bits per heavy atom. The maximum absolute atomic E-state index is 9.77. The highest BCUT2D eigenvalue weighted by atomic mass is 15.1. The average Bonchev–Trinajstić information content (AvgIpc) is 3.37. The van der Waals surface area contributed by atoms with Crippen molar-refractivity contribution in [3.63, 3.8) is 0 Å². The van der Waals surface area contributed by atoms with Crippen LogP contribution >= 0.6 is 0 Å². The van der Waals surface area contributed by atoms with Gasteiger partial charge in [0.25, 0.3) is 0 Å². The van der Waals surface area contributed by atoms with Gasteiger partial charge in [-0.3, -0.25) is 0 Å². The molecule has 59 heavy (non-hydrogen) atoms. The van der Waals surface area contributed by atoms with Gasteiger partial charge in [0.2, 0.25) is 0 Å². The van der Waals surface area contributed by atoms with Crippen LogP contribution in [0.2, 0.25) is 0 Å². The lowest BCUT2D eigenvalue weighted by atomic mass is 9.93. The minimum absolute atomic E-state index is 0.117. The second kappa shape index (κ2) is 14.6. The zero-order valence-electron chi connectivity index (χ0n) is 39.8. The molecule has 0 fully saturated rings. The van der Waals surface area contributed by atoms with E-state index in [1.807, 2.05) is 158 Å². The molecular formula is C58H39N. The Hall–Kier alpha value is -7.74. The summed E-state index contributed by atoms with van der Waals surface area (Å²) < 4.78 is 77.7. The molecule has 11 aromatic rings. The Kier molecular flexibility index (Phi) is 6.70. The summed E-state index contributed by atoms with van der Waals surface area (Å²) in [5.41, 5.74) is 5.11. The number of hydrogen-bond donors (Lipinski definition) is 0. The number of fused-ring (bicyclic) bond motifs is 6. The highest BCUT2D eigenvalue weighted by Crippen LogP contribution is 2.42. The third-order valence-corrected chi connectivity index (χ3v) is 11.2. The standard InChI is InChI=1S/C58H39N/c1-2-14-40(15-3-1)49-18-8-9-19-50(49)41-26-32-46(33-27-41)59(47-34-28-42(29-35-47)57-38-44-16-4-6-20-51(44)53-22-10-12-24-55(53)57)48-36-30-43(31-37-48)58-39-45-17-5-7-21-52(45)54-23-11-13-25-56(54)58/h1-39H/i28D,29D,30D,31D,34D,35D,36D,37D. The molecule has 0 aromatic heterocycles. The second-order valence-electron chi connectivity index (χ2n) is 14.6. The van der Waals surface area contributed by atoms with Crippen LogP contribution in [-0.4, -0.2) is 0 Å². The average molecular weight is 758 g/mol. The first-order valence-corrected chi connectivity index (χ1v) is 19.7. The fraction of sp³-hybridized carbons (Fsp3) is 0. The fourth-order valence-electron chi connectivity index (χ4n) is 8.39. The van der Waals surface area contributed by atoms with Crippen LogP contribution in [0.25, 0.3) is 87.6 Å². The fourth-order valence-corrected chi connectivity index (χ4v) is 8.39. The molecule has 0 N–H and O–H groups in total. The van der Waals surface area contributed by atoms with Crippen LogP contribution in [0.15, 0.2) is 236 Å².